The molecule has 24 heavy (non-hydrogen) atoms. The lowest BCUT2D eigenvalue weighted by molar-refractivity contribution is -0.292. The fourth-order valence-corrected chi connectivity index (χ4v) is 2.05. The number of anilines is 2. The average molecular weight is 357 g/mol. The quantitative estimate of drug-likeness (QED) is 0.782. The van der Waals surface area contributed by atoms with Crippen molar-refractivity contribution in [1.82, 2.24) is 15.0 Å². The van der Waals surface area contributed by atoms with E-state index in [0.29, 0.717) is 0 Å². The molecule has 0 radical (unpaired) electrons. The first kappa shape index (κ1) is 18.5. The largest absolute Gasteiger partial charge is 0.461 e. The van der Waals surface area contributed by atoms with Crippen LogP contribution in [0.2, 0.25) is 0 Å². The van der Waals surface area contributed by atoms with Gasteiger partial charge in [-0.05, 0) is 13.8 Å². The third-order valence-electron chi connectivity index (χ3n) is 3.41. The second kappa shape index (κ2) is 5.92. The fourth-order valence-electron chi connectivity index (χ4n) is 2.05. The molecule has 0 aliphatic carbocycles. The summed E-state index contributed by atoms with van der Waals surface area (Å²) in [4.78, 5) is 11.1. The van der Waals surface area contributed by atoms with Crippen molar-refractivity contribution in [3.8, 4) is 0 Å². The van der Waals surface area contributed by atoms with E-state index in [1.165, 1.54) is 18.7 Å². The Kier molecular flexibility index (Phi) is 4.57. The number of alkyl halides is 5. The highest BCUT2D eigenvalue weighted by molar-refractivity contribution is 5.36. The number of ether oxygens (including phenoxy) is 1. The molecule has 0 amide bonds. The second-order valence-electron chi connectivity index (χ2n) is 5.85. The minimum absolute atomic E-state index is 0.00994. The molecule has 0 bridgehead atoms. The van der Waals surface area contributed by atoms with Gasteiger partial charge in [-0.2, -0.15) is 36.9 Å². The number of rotatable bonds is 3. The highest BCUT2D eigenvalue weighted by atomic mass is 19.4. The number of halogens is 5. The van der Waals surface area contributed by atoms with E-state index in [2.05, 4.69) is 15.0 Å². The van der Waals surface area contributed by atoms with E-state index in [9.17, 15) is 27.1 Å². The van der Waals surface area contributed by atoms with Gasteiger partial charge in [0.15, 0.2) is 0 Å². The second-order valence-corrected chi connectivity index (χ2v) is 5.85. The summed E-state index contributed by atoms with van der Waals surface area (Å²) in [5, 5.41) is 9.95. The van der Waals surface area contributed by atoms with E-state index in [0.717, 1.165) is 0 Å². The van der Waals surface area contributed by atoms with Gasteiger partial charge in [-0.25, -0.2) is 0 Å². The Balaban J connectivity index is 2.35. The Hall–Kier alpha value is -1.82. The van der Waals surface area contributed by atoms with E-state index in [-0.39, 0.29) is 19.7 Å². The zero-order valence-electron chi connectivity index (χ0n) is 12.8. The summed E-state index contributed by atoms with van der Waals surface area (Å²) in [6, 6.07) is 0. The van der Waals surface area contributed by atoms with Gasteiger partial charge >= 0.3 is 12.1 Å². The Morgan fingerprint density at radius 2 is 1.79 bits per heavy atom. The molecule has 1 aliphatic rings. The lowest BCUT2D eigenvalue weighted by Gasteiger charge is -2.38. The number of nitrogens with two attached hydrogens (primary N) is 1. The fraction of sp³-hybridized carbons (Fsp3) is 0.750. The summed E-state index contributed by atoms with van der Waals surface area (Å²) in [5.41, 5.74) is 4.00. The standard InChI is InChI=1S/C12H16F5N5O2/c1-10(2,23)6-5-22(3-4-24-6)9-20-7(19-8(18)21-9)11(13,14)12(15,16)17/h6,23H,3-5H2,1-2H3,(H2,18,19,20,21). The third-order valence-corrected chi connectivity index (χ3v) is 3.41. The van der Waals surface area contributed by atoms with Crippen molar-refractivity contribution >= 4 is 11.9 Å². The topological polar surface area (TPSA) is 97.4 Å². The molecule has 1 aliphatic heterocycles. The molecule has 3 N–H and O–H groups in total. The van der Waals surface area contributed by atoms with Crippen molar-refractivity contribution in [1.29, 1.82) is 0 Å². The molecule has 0 spiro atoms. The van der Waals surface area contributed by atoms with Crippen LogP contribution in [0.1, 0.15) is 19.7 Å². The maximum absolute atomic E-state index is 13.4. The van der Waals surface area contributed by atoms with Crippen LogP contribution in [0.5, 0.6) is 0 Å². The predicted octanol–water partition coefficient (Wildman–Crippen LogP) is 1.08. The van der Waals surface area contributed by atoms with Crippen molar-refractivity contribution in [2.75, 3.05) is 30.3 Å². The number of nitrogens with zero attached hydrogens (tertiary/aromatic N) is 4. The maximum Gasteiger partial charge on any atom is 0.461 e. The van der Waals surface area contributed by atoms with Gasteiger partial charge in [0.25, 0.3) is 0 Å². The minimum atomic E-state index is -5.86. The van der Waals surface area contributed by atoms with Crippen molar-refractivity contribution in [3.63, 3.8) is 0 Å². The van der Waals surface area contributed by atoms with Crippen LogP contribution in [-0.2, 0) is 10.7 Å². The first-order chi connectivity index (χ1) is 10.8. The number of hydrogen-bond donors (Lipinski definition) is 2. The Morgan fingerprint density at radius 3 is 2.33 bits per heavy atom. The SMILES string of the molecule is CC(C)(O)C1CN(c2nc(N)nc(C(F)(F)C(F)(F)F)n2)CCO1. The highest BCUT2D eigenvalue weighted by Gasteiger charge is 2.61. The van der Waals surface area contributed by atoms with Gasteiger partial charge < -0.3 is 20.5 Å². The van der Waals surface area contributed by atoms with Gasteiger partial charge in [-0.15, -0.1) is 0 Å². The molecule has 1 atom stereocenters. The molecule has 1 unspecified atom stereocenters. The number of morpholine rings is 1. The zero-order valence-corrected chi connectivity index (χ0v) is 12.8. The summed E-state index contributed by atoms with van der Waals surface area (Å²) in [7, 11) is 0. The summed E-state index contributed by atoms with van der Waals surface area (Å²) in [5.74, 6) is -8.23. The van der Waals surface area contributed by atoms with E-state index in [4.69, 9.17) is 10.5 Å². The van der Waals surface area contributed by atoms with Gasteiger partial charge in [0.05, 0.1) is 12.2 Å². The summed E-state index contributed by atoms with van der Waals surface area (Å²) in [6.45, 7) is 3.18. The Morgan fingerprint density at radius 1 is 1.17 bits per heavy atom. The predicted molar refractivity (Wildman–Crippen MR) is 72.4 cm³/mol. The van der Waals surface area contributed by atoms with Crippen LogP contribution in [0.3, 0.4) is 0 Å². The van der Waals surface area contributed by atoms with Crippen LogP contribution in [0.15, 0.2) is 0 Å². The average Bonchev–Trinajstić information content (AvgIpc) is 2.44. The van der Waals surface area contributed by atoms with E-state index in [1.54, 1.807) is 0 Å². The molecule has 1 fully saturated rings. The number of aromatic nitrogens is 3. The van der Waals surface area contributed by atoms with Crippen molar-refractivity contribution in [2.24, 2.45) is 0 Å². The molecule has 2 rings (SSSR count). The first-order valence-electron chi connectivity index (χ1n) is 6.88. The zero-order chi connectivity index (χ0) is 18.3. The normalized spacial score (nSPS) is 20.3. The van der Waals surface area contributed by atoms with Crippen molar-refractivity contribution in [2.45, 2.75) is 37.7 Å². The van der Waals surface area contributed by atoms with Gasteiger partial charge in [-0.1, -0.05) is 0 Å². The van der Waals surface area contributed by atoms with Gasteiger partial charge in [0, 0.05) is 13.1 Å². The Labute approximate surface area is 133 Å². The third kappa shape index (κ3) is 3.64. The van der Waals surface area contributed by atoms with Crippen LogP contribution in [0.4, 0.5) is 33.8 Å². The summed E-state index contributed by atoms with van der Waals surface area (Å²) < 4.78 is 69.7. The molecular weight excluding hydrogens is 341 g/mol. The maximum atomic E-state index is 13.4. The van der Waals surface area contributed by atoms with Crippen LogP contribution < -0.4 is 10.6 Å². The van der Waals surface area contributed by atoms with E-state index >= 15 is 0 Å². The smallest absolute Gasteiger partial charge is 0.388 e. The van der Waals surface area contributed by atoms with E-state index < -0.39 is 41.5 Å². The first-order valence-corrected chi connectivity index (χ1v) is 6.88. The summed E-state index contributed by atoms with van der Waals surface area (Å²) in [6.07, 6.45) is -6.57. The van der Waals surface area contributed by atoms with Crippen molar-refractivity contribution < 1.29 is 31.8 Å². The molecule has 0 saturated carbocycles. The minimum Gasteiger partial charge on any atom is -0.388 e. The molecule has 12 heteroatoms. The highest BCUT2D eigenvalue weighted by Crippen LogP contribution is 2.42. The van der Waals surface area contributed by atoms with Gasteiger partial charge in [0.2, 0.25) is 17.7 Å². The monoisotopic (exact) mass is 357 g/mol. The number of hydrogen-bond acceptors (Lipinski definition) is 7. The van der Waals surface area contributed by atoms with Crippen molar-refractivity contribution in [3.05, 3.63) is 5.82 Å². The molecular formula is C12H16F5N5O2. The van der Waals surface area contributed by atoms with Gasteiger partial charge in [-0.3, -0.25) is 0 Å². The lowest BCUT2D eigenvalue weighted by Crippen LogP contribution is -2.52. The lowest BCUT2D eigenvalue weighted by atomic mass is 10.0. The molecule has 1 aromatic heterocycles. The van der Waals surface area contributed by atoms with Crippen LogP contribution in [-0.4, -0.2) is 57.6 Å². The van der Waals surface area contributed by atoms with Gasteiger partial charge in [0.1, 0.15) is 6.10 Å². The number of nitrogen functional groups attached to an aromatic ring is 1. The van der Waals surface area contributed by atoms with Crippen LogP contribution in [0, 0.1) is 0 Å². The molecule has 7 nitrogen and oxygen atoms in total. The molecule has 0 aromatic carbocycles. The molecule has 2 heterocycles. The Bertz CT molecular complexity index is 604. The van der Waals surface area contributed by atoms with E-state index in [1.807, 2.05) is 0 Å². The molecule has 136 valence electrons. The number of aliphatic hydroxyl groups is 1. The summed E-state index contributed by atoms with van der Waals surface area (Å²) >= 11 is 0. The van der Waals surface area contributed by atoms with Crippen LogP contribution in [0.25, 0.3) is 0 Å². The molecule has 1 saturated heterocycles. The van der Waals surface area contributed by atoms with Crippen LogP contribution >= 0.6 is 0 Å². The molecule has 1 aromatic rings.